The molecule has 4 aliphatic rings. The molecule has 4 amide bonds. The predicted molar refractivity (Wildman–Crippen MR) is 213 cm³/mol. The Balaban J connectivity index is 1.15. The number of ether oxygens (including phenoxy) is 1. The number of benzene rings is 3. The van der Waals surface area contributed by atoms with Gasteiger partial charge in [0, 0.05) is 28.8 Å². The molecule has 13 heteroatoms. The van der Waals surface area contributed by atoms with Gasteiger partial charge in [0.1, 0.15) is 11.5 Å². The fourth-order valence-electron chi connectivity index (χ4n) is 9.73. The van der Waals surface area contributed by atoms with Gasteiger partial charge in [0.05, 0.1) is 46.2 Å². The molecule has 2 aromatic heterocycles. The largest absolute Gasteiger partial charge is 0.503 e. The van der Waals surface area contributed by atoms with Gasteiger partial charge in [0.15, 0.2) is 11.5 Å². The summed E-state index contributed by atoms with van der Waals surface area (Å²) in [5, 5.41) is 17.3. The number of halogens is 2. The highest BCUT2D eigenvalue weighted by molar-refractivity contribution is 9.10. The Hall–Kier alpha value is -4.78. The number of phenols is 1. The minimum atomic E-state index is -1.29. The van der Waals surface area contributed by atoms with E-state index in [1.165, 1.54) is 16.9 Å². The first-order valence-corrected chi connectivity index (χ1v) is 20.1. The molecule has 0 bridgehead atoms. The number of phenolic OH excluding ortho intramolecular Hbond substituents is 1. The Morgan fingerprint density at radius 3 is 2.53 bits per heavy atom. The molecule has 0 radical (unpaired) electrons. The van der Waals surface area contributed by atoms with E-state index in [1.54, 1.807) is 41.3 Å². The number of aromatic hydroxyl groups is 1. The van der Waals surface area contributed by atoms with Crippen LogP contribution in [0.15, 0.2) is 82.9 Å². The van der Waals surface area contributed by atoms with Gasteiger partial charge in [0.25, 0.3) is 0 Å². The van der Waals surface area contributed by atoms with Crippen molar-refractivity contribution < 1.29 is 29.0 Å². The van der Waals surface area contributed by atoms with Crippen LogP contribution in [0.5, 0.6) is 11.5 Å². The van der Waals surface area contributed by atoms with Crippen LogP contribution in [0, 0.1) is 36.0 Å². The summed E-state index contributed by atoms with van der Waals surface area (Å²) in [6, 6.07) is 20.4. The van der Waals surface area contributed by atoms with Crippen molar-refractivity contribution in [1.82, 2.24) is 14.7 Å². The van der Waals surface area contributed by atoms with Gasteiger partial charge in [-0.2, -0.15) is 5.10 Å². The third-order valence-electron chi connectivity index (χ3n) is 12.4. The summed E-state index contributed by atoms with van der Waals surface area (Å²) in [5.74, 6) is -4.04. The summed E-state index contributed by atoms with van der Waals surface area (Å²) >= 11 is 11.4. The van der Waals surface area contributed by atoms with Crippen molar-refractivity contribution in [3.05, 3.63) is 105 Å². The number of aromatic nitrogens is 2. The molecule has 6 unspecified atom stereocenters. The van der Waals surface area contributed by atoms with Crippen LogP contribution in [0.4, 0.5) is 5.82 Å². The average Bonchev–Trinajstić information content (AvgIpc) is 3.84. The van der Waals surface area contributed by atoms with Crippen LogP contribution in [0.3, 0.4) is 0 Å². The zero-order valence-corrected chi connectivity index (χ0v) is 33.5. The second kappa shape index (κ2) is 12.9. The number of rotatable bonds is 6. The molecule has 2 aliphatic heterocycles. The lowest BCUT2D eigenvalue weighted by atomic mass is 9.51. The maximum absolute atomic E-state index is 15.2. The number of thiophene rings is 1. The SMILES string of the molecule is COc1cc(C2C3=CCC4C(=O)N(Cc5ccccc5)C(=O)C4C3CC3C(=O)N(c4cc(-c5sc6ccc(Cl)cc6c5C)nn4C)C(=O)C32C)cc(Br)c1O. The fourth-order valence-corrected chi connectivity index (χ4v) is 11.5. The summed E-state index contributed by atoms with van der Waals surface area (Å²) in [5.41, 5.74) is 2.68. The van der Waals surface area contributed by atoms with E-state index in [1.807, 2.05) is 68.5 Å². The van der Waals surface area contributed by atoms with E-state index in [2.05, 4.69) is 15.9 Å². The van der Waals surface area contributed by atoms with E-state index in [4.69, 9.17) is 21.4 Å². The Bertz CT molecular complexity index is 2530. The minimum Gasteiger partial charge on any atom is -0.503 e. The first-order valence-electron chi connectivity index (χ1n) is 18.1. The van der Waals surface area contributed by atoms with Gasteiger partial charge in [-0.15, -0.1) is 11.3 Å². The number of hydrogen-bond donors (Lipinski definition) is 1. The normalized spacial score (nSPS) is 26.1. The van der Waals surface area contributed by atoms with Crippen LogP contribution in [-0.2, 0) is 32.8 Å². The lowest BCUT2D eigenvalue weighted by Gasteiger charge is -2.49. The number of hydrogen-bond acceptors (Lipinski definition) is 8. The highest BCUT2D eigenvalue weighted by atomic mass is 79.9. The van der Waals surface area contributed by atoms with Gasteiger partial charge in [-0.1, -0.05) is 53.6 Å². The number of fused-ring (bicyclic) bond motifs is 5. The zero-order valence-electron chi connectivity index (χ0n) is 30.4. The maximum Gasteiger partial charge on any atom is 0.242 e. The molecule has 1 N–H and O–H groups in total. The number of imide groups is 2. The standard InChI is InChI=1S/C42H36BrClN4O6S/c1-20-26-16-23(44)10-13-32(26)55-37(20)30-18-33(46(3)45-30)48-39(51)28-17-27-24(35(42(28,2)41(48)53)22-14-29(43)36(49)31(15-22)54-4)11-12-25-34(27)40(52)47(38(25)50)19-21-8-6-5-7-9-21/h5-11,13-16,18,25,27-28,34-35,49H,12,17,19H2,1-4H3. The number of allylic oxidation sites excluding steroid dienone is 2. The van der Waals surface area contributed by atoms with E-state index in [0.717, 1.165) is 31.7 Å². The summed E-state index contributed by atoms with van der Waals surface area (Å²) in [7, 11) is 3.17. The van der Waals surface area contributed by atoms with E-state index in [9.17, 15) is 19.5 Å². The van der Waals surface area contributed by atoms with Crippen molar-refractivity contribution in [2.45, 2.75) is 39.2 Å². The van der Waals surface area contributed by atoms with Gasteiger partial charge in [0.2, 0.25) is 23.6 Å². The van der Waals surface area contributed by atoms with Crippen molar-refractivity contribution in [1.29, 1.82) is 0 Å². The first-order chi connectivity index (χ1) is 26.3. The van der Waals surface area contributed by atoms with E-state index in [-0.39, 0.29) is 48.1 Å². The van der Waals surface area contributed by atoms with Crippen LogP contribution in [-0.4, -0.2) is 50.5 Å². The number of amides is 4. The van der Waals surface area contributed by atoms with Crippen molar-refractivity contribution >= 4 is 78.4 Å². The number of carbonyl (C=O) groups excluding carboxylic acids is 4. The molecular formula is C42H36BrClN4O6S. The molecular weight excluding hydrogens is 804 g/mol. The third-order valence-corrected chi connectivity index (χ3v) is 14.5. The Labute approximate surface area is 334 Å². The highest BCUT2D eigenvalue weighted by Gasteiger charge is 2.68. The number of anilines is 1. The van der Waals surface area contributed by atoms with Gasteiger partial charge >= 0.3 is 0 Å². The number of likely N-dealkylation sites (tertiary alicyclic amines) is 1. The van der Waals surface area contributed by atoms with E-state index in [0.29, 0.717) is 33.0 Å². The second-order valence-electron chi connectivity index (χ2n) is 15.2. The molecule has 4 heterocycles. The number of aryl methyl sites for hydroxylation is 2. The topological polar surface area (TPSA) is 122 Å². The Morgan fingerprint density at radius 1 is 1.02 bits per heavy atom. The Kier molecular flexibility index (Phi) is 8.41. The summed E-state index contributed by atoms with van der Waals surface area (Å²) in [6.45, 7) is 4.01. The maximum atomic E-state index is 15.2. The van der Waals surface area contributed by atoms with Crippen molar-refractivity contribution in [2.24, 2.45) is 36.1 Å². The highest BCUT2D eigenvalue weighted by Crippen LogP contribution is 2.64. The monoisotopic (exact) mass is 838 g/mol. The van der Waals surface area contributed by atoms with Crippen molar-refractivity contribution in [3.8, 4) is 22.1 Å². The fraction of sp³-hybridized carbons (Fsp3) is 0.310. The summed E-state index contributed by atoms with van der Waals surface area (Å²) in [4.78, 5) is 62.0. The lowest BCUT2D eigenvalue weighted by molar-refractivity contribution is -0.141. The second-order valence-corrected chi connectivity index (χ2v) is 17.5. The van der Waals surface area contributed by atoms with E-state index >= 15 is 4.79 Å². The van der Waals surface area contributed by atoms with Crippen molar-refractivity contribution in [3.63, 3.8) is 0 Å². The van der Waals surface area contributed by atoms with Crippen LogP contribution < -0.4 is 9.64 Å². The number of carbonyl (C=O) groups is 4. The number of methoxy groups -OCH3 is 1. The minimum absolute atomic E-state index is 0.0946. The van der Waals surface area contributed by atoms with Crippen LogP contribution >= 0.6 is 38.9 Å². The van der Waals surface area contributed by atoms with Crippen molar-refractivity contribution in [2.75, 3.05) is 12.0 Å². The lowest BCUT2D eigenvalue weighted by Crippen LogP contribution is -2.48. The number of nitrogens with zero attached hydrogens (tertiary/aromatic N) is 4. The smallest absolute Gasteiger partial charge is 0.242 e. The quantitative estimate of drug-likeness (QED) is 0.135. The molecule has 2 aliphatic carbocycles. The van der Waals surface area contributed by atoms with Crippen LogP contribution in [0.25, 0.3) is 20.7 Å². The first kappa shape index (κ1) is 35.9. The van der Waals surface area contributed by atoms with Gasteiger partial charge in [-0.25, -0.2) is 4.90 Å². The van der Waals surface area contributed by atoms with Crippen LogP contribution in [0.2, 0.25) is 5.02 Å². The summed E-state index contributed by atoms with van der Waals surface area (Å²) in [6.07, 6.45) is 2.56. The molecule has 0 spiro atoms. The molecule has 5 aromatic rings. The van der Waals surface area contributed by atoms with Crippen LogP contribution in [0.1, 0.15) is 42.4 Å². The molecule has 10 nitrogen and oxygen atoms in total. The van der Waals surface area contributed by atoms with Gasteiger partial charge in [-0.05, 0) is 101 Å². The molecule has 55 heavy (non-hydrogen) atoms. The Morgan fingerprint density at radius 2 is 1.78 bits per heavy atom. The molecule has 2 saturated heterocycles. The van der Waals surface area contributed by atoms with Gasteiger partial charge < -0.3 is 9.84 Å². The third kappa shape index (κ3) is 5.20. The average molecular weight is 840 g/mol. The molecule has 3 aromatic carbocycles. The summed E-state index contributed by atoms with van der Waals surface area (Å²) < 4.78 is 8.54. The molecule has 3 fully saturated rings. The molecule has 280 valence electrons. The zero-order chi connectivity index (χ0) is 38.7. The molecule has 6 atom stereocenters. The van der Waals surface area contributed by atoms with E-state index < -0.39 is 35.0 Å². The van der Waals surface area contributed by atoms with Gasteiger partial charge in [-0.3, -0.25) is 28.8 Å². The molecule has 1 saturated carbocycles. The predicted octanol–water partition coefficient (Wildman–Crippen LogP) is 8.17. The molecule has 9 rings (SSSR count).